The molecule has 3 fully saturated rings. The molecule has 0 aliphatic carbocycles. The number of nitrogens with zero attached hydrogens (tertiary/aromatic N) is 7. The maximum atomic E-state index is 15.2. The Balaban J connectivity index is 1.30. The minimum Gasteiger partial charge on any atom is -0.465 e. The van der Waals surface area contributed by atoms with Gasteiger partial charge in [0.2, 0.25) is 0 Å². The van der Waals surface area contributed by atoms with Crippen LogP contribution in [0, 0.1) is 17.1 Å². The maximum Gasteiger partial charge on any atom is 0.412 e. The van der Waals surface area contributed by atoms with Gasteiger partial charge in [-0.1, -0.05) is 0 Å². The Morgan fingerprint density at radius 3 is 2.73 bits per heavy atom. The van der Waals surface area contributed by atoms with Crippen LogP contribution in [0.5, 0.6) is 6.01 Å². The van der Waals surface area contributed by atoms with Gasteiger partial charge in [0.05, 0.1) is 26.9 Å². The van der Waals surface area contributed by atoms with Crippen LogP contribution in [-0.4, -0.2) is 105 Å². The highest BCUT2D eigenvalue weighted by Gasteiger charge is 2.49. The van der Waals surface area contributed by atoms with Gasteiger partial charge in [-0.25, -0.2) is 23.4 Å². The molecule has 268 valence electrons. The molecule has 0 saturated carbocycles. The highest BCUT2D eigenvalue weighted by molar-refractivity contribution is 7.23. The smallest absolute Gasteiger partial charge is 0.412 e. The first-order valence-corrected chi connectivity index (χ1v) is 17.6. The molecular formula is C35H38F2N8O5S. The molecule has 16 heteroatoms. The average Bonchev–Trinajstić information content (AvgIpc) is 3.85. The van der Waals surface area contributed by atoms with Gasteiger partial charge in [0, 0.05) is 50.1 Å². The van der Waals surface area contributed by atoms with Gasteiger partial charge in [0.15, 0.2) is 5.65 Å². The molecular weight excluding hydrogens is 682 g/mol. The van der Waals surface area contributed by atoms with Crippen LogP contribution in [0.1, 0.15) is 52.0 Å². The molecule has 3 aliphatic rings. The third-order valence-electron chi connectivity index (χ3n) is 9.86. The lowest BCUT2D eigenvalue weighted by Gasteiger charge is -2.31. The number of thiophene rings is 1. The van der Waals surface area contributed by atoms with E-state index in [1.807, 2.05) is 11.9 Å². The fraction of sp³-hybridized carbons (Fsp3) is 0.486. The summed E-state index contributed by atoms with van der Waals surface area (Å²) >= 11 is 0.927. The topological polar surface area (TPSA) is 157 Å². The number of benzene rings is 1. The molecule has 3 atom stereocenters. The van der Waals surface area contributed by atoms with Gasteiger partial charge in [0.1, 0.15) is 41.1 Å². The standard InChI is InChI=1S/C35H38F2N8O5S/c1-34(2,3)50-32(46)42-30-23(15-38)26-21(6-8-24(37)27(26)51-30)25-9-7-22-28(39-25)40-31(49-18-35-11-5-12-45(35)16-19(36)14-35)41-29(22)43(4)20-10-13-44(17-20)33(47)48/h6-9,19-20H,5,10-14,16-18H2,1-4H3,(H,42,46)(H,47,48)/t19-,20-,35+/m1/s1. The van der Waals surface area contributed by atoms with E-state index in [1.165, 1.54) is 17.0 Å². The number of fused-ring (bicyclic) bond motifs is 3. The number of pyridine rings is 1. The first kappa shape index (κ1) is 34.6. The lowest BCUT2D eigenvalue weighted by atomic mass is 9.95. The van der Waals surface area contributed by atoms with Gasteiger partial charge >= 0.3 is 18.2 Å². The first-order valence-electron chi connectivity index (χ1n) is 16.8. The summed E-state index contributed by atoms with van der Waals surface area (Å²) in [6.45, 7) is 7.19. The van der Waals surface area contributed by atoms with Crippen molar-refractivity contribution in [3.8, 4) is 23.3 Å². The van der Waals surface area contributed by atoms with Crippen molar-refractivity contribution in [1.29, 1.82) is 5.26 Å². The average molecular weight is 721 g/mol. The molecule has 1 aromatic carbocycles. The normalized spacial score (nSPS) is 21.9. The Bertz CT molecular complexity index is 2080. The number of hydrogen-bond donors (Lipinski definition) is 2. The van der Waals surface area contributed by atoms with Gasteiger partial charge < -0.3 is 24.4 Å². The maximum absolute atomic E-state index is 15.2. The number of hydrogen-bond acceptors (Lipinski definition) is 11. The monoisotopic (exact) mass is 720 g/mol. The van der Waals surface area contributed by atoms with Crippen LogP contribution in [-0.2, 0) is 4.74 Å². The second kappa shape index (κ2) is 13.0. The number of amides is 2. The van der Waals surface area contributed by atoms with Crippen molar-refractivity contribution in [3.05, 3.63) is 35.6 Å². The van der Waals surface area contributed by atoms with E-state index in [2.05, 4.69) is 21.3 Å². The Morgan fingerprint density at radius 1 is 1.20 bits per heavy atom. The number of carboxylic acid groups (broad SMARTS) is 1. The minimum atomic E-state index is -0.989. The number of likely N-dealkylation sites (tertiary alicyclic amines) is 1. The second-order valence-corrected chi connectivity index (χ2v) is 15.4. The minimum absolute atomic E-state index is 0.0481. The van der Waals surface area contributed by atoms with E-state index in [9.17, 15) is 24.3 Å². The predicted octanol–water partition coefficient (Wildman–Crippen LogP) is 6.41. The number of rotatable bonds is 7. The van der Waals surface area contributed by atoms with Crippen molar-refractivity contribution in [2.24, 2.45) is 0 Å². The number of anilines is 2. The molecule has 6 heterocycles. The van der Waals surface area contributed by atoms with Gasteiger partial charge in [-0.2, -0.15) is 15.2 Å². The largest absolute Gasteiger partial charge is 0.465 e. The van der Waals surface area contributed by atoms with Crippen LogP contribution in [0.2, 0.25) is 0 Å². The van der Waals surface area contributed by atoms with Crippen LogP contribution in [0.15, 0.2) is 24.3 Å². The van der Waals surface area contributed by atoms with Gasteiger partial charge in [-0.05, 0) is 70.8 Å². The summed E-state index contributed by atoms with van der Waals surface area (Å²) < 4.78 is 41.6. The second-order valence-electron chi connectivity index (χ2n) is 14.4. The van der Waals surface area contributed by atoms with E-state index in [-0.39, 0.29) is 51.5 Å². The number of halogens is 2. The molecule has 51 heavy (non-hydrogen) atoms. The molecule has 0 spiro atoms. The van der Waals surface area contributed by atoms with E-state index in [4.69, 9.17) is 19.4 Å². The molecule has 2 N–H and O–H groups in total. The Labute approximate surface area is 296 Å². The fourth-order valence-corrected chi connectivity index (χ4v) is 8.55. The number of nitrogens with one attached hydrogen (secondary N) is 1. The molecule has 7 rings (SSSR count). The zero-order valence-electron chi connectivity index (χ0n) is 28.7. The number of ether oxygens (including phenoxy) is 2. The summed E-state index contributed by atoms with van der Waals surface area (Å²) in [7, 11) is 1.84. The van der Waals surface area contributed by atoms with Crippen molar-refractivity contribution in [2.75, 3.05) is 50.1 Å². The van der Waals surface area contributed by atoms with E-state index in [1.54, 1.807) is 32.9 Å². The molecule has 3 saturated heterocycles. The Hall–Kier alpha value is -4.88. The molecule has 13 nitrogen and oxygen atoms in total. The van der Waals surface area contributed by atoms with E-state index >= 15 is 4.39 Å². The molecule has 3 aliphatic heterocycles. The highest BCUT2D eigenvalue weighted by Crippen LogP contribution is 2.43. The summed E-state index contributed by atoms with van der Waals surface area (Å²) in [5, 5.41) is 23.4. The van der Waals surface area contributed by atoms with Crippen molar-refractivity contribution < 1.29 is 33.0 Å². The Kier molecular flexibility index (Phi) is 8.83. The Morgan fingerprint density at radius 2 is 2.00 bits per heavy atom. The number of aromatic nitrogens is 3. The van der Waals surface area contributed by atoms with Gasteiger partial charge in [0.25, 0.3) is 0 Å². The lowest BCUT2D eigenvalue weighted by Crippen LogP contribution is -2.43. The quantitative estimate of drug-likeness (QED) is 0.218. The van der Waals surface area contributed by atoms with Crippen LogP contribution in [0.3, 0.4) is 0 Å². The van der Waals surface area contributed by atoms with Crippen molar-refractivity contribution in [2.45, 2.75) is 69.8 Å². The van der Waals surface area contributed by atoms with Crippen LogP contribution >= 0.6 is 11.3 Å². The molecule has 3 aromatic heterocycles. The summed E-state index contributed by atoms with van der Waals surface area (Å²) in [5.74, 6) is -0.0758. The van der Waals surface area contributed by atoms with E-state index in [0.717, 1.165) is 30.7 Å². The van der Waals surface area contributed by atoms with Crippen LogP contribution < -0.4 is 15.0 Å². The van der Waals surface area contributed by atoms with Crippen LogP contribution in [0.4, 0.5) is 29.2 Å². The molecule has 4 aromatic rings. The SMILES string of the molecule is CN(c1nc(OC[C@@]23CCCN2C[C@H](F)C3)nc2nc(-c3ccc(F)c4sc(NC(=O)OC(C)(C)C)c(C#N)c34)ccc12)[C@@H]1CCN(C(=O)O)C1. The summed E-state index contributed by atoms with van der Waals surface area (Å²) in [4.78, 5) is 44.1. The van der Waals surface area contributed by atoms with Gasteiger partial charge in [-0.15, -0.1) is 11.3 Å². The molecule has 0 bridgehead atoms. The molecule has 0 unspecified atom stereocenters. The number of carbonyl (C=O) groups is 2. The van der Waals surface area contributed by atoms with E-state index < -0.39 is 35.3 Å². The zero-order valence-corrected chi connectivity index (χ0v) is 29.5. The number of alkyl halides is 1. The number of nitriles is 1. The van der Waals surface area contributed by atoms with Crippen molar-refractivity contribution in [3.63, 3.8) is 0 Å². The molecule has 0 radical (unpaired) electrons. The predicted molar refractivity (Wildman–Crippen MR) is 188 cm³/mol. The first-order chi connectivity index (χ1) is 24.2. The zero-order chi connectivity index (χ0) is 36.2. The molecule has 2 amide bonds. The van der Waals surface area contributed by atoms with E-state index in [0.29, 0.717) is 48.4 Å². The third-order valence-corrected chi connectivity index (χ3v) is 11.0. The third kappa shape index (κ3) is 6.56. The fourth-order valence-electron chi connectivity index (χ4n) is 7.49. The van der Waals surface area contributed by atoms with Crippen molar-refractivity contribution in [1.82, 2.24) is 24.8 Å². The highest BCUT2D eigenvalue weighted by atomic mass is 32.1. The lowest BCUT2D eigenvalue weighted by molar-refractivity contribution is 0.0636. The summed E-state index contributed by atoms with van der Waals surface area (Å²) in [6, 6.07) is 8.32. The summed E-state index contributed by atoms with van der Waals surface area (Å²) in [5.41, 5.74) is -0.0598. The van der Waals surface area contributed by atoms with Gasteiger partial charge in [-0.3, -0.25) is 10.2 Å². The van der Waals surface area contributed by atoms with Crippen LogP contribution in [0.25, 0.3) is 32.4 Å². The number of likely N-dealkylation sites (N-methyl/N-ethyl adjacent to an activating group) is 1. The summed E-state index contributed by atoms with van der Waals surface area (Å²) in [6.07, 6.45) is 0.0208. The number of carbonyl (C=O) groups excluding carboxylic acids is 1. The van der Waals surface area contributed by atoms with Crippen molar-refractivity contribution >= 4 is 55.5 Å².